The highest BCUT2D eigenvalue weighted by molar-refractivity contribution is 5.77. The van der Waals surface area contributed by atoms with Crippen molar-refractivity contribution in [2.45, 2.75) is 26.5 Å². The molecule has 0 bridgehead atoms. The van der Waals surface area contributed by atoms with E-state index in [0.717, 1.165) is 5.69 Å². The van der Waals surface area contributed by atoms with Crippen LogP contribution in [0.1, 0.15) is 25.6 Å². The molecule has 0 aliphatic rings. The Kier molecular flexibility index (Phi) is 4.99. The Morgan fingerprint density at radius 1 is 1.10 bits per heavy atom. The average Bonchev–Trinajstić information content (AvgIpc) is 3.16. The van der Waals surface area contributed by atoms with Gasteiger partial charge in [0.15, 0.2) is 5.58 Å². The first-order valence-corrected chi connectivity index (χ1v) is 9.16. The Morgan fingerprint density at radius 3 is 2.66 bits per heavy atom. The second kappa shape index (κ2) is 7.75. The zero-order valence-corrected chi connectivity index (χ0v) is 16.3. The number of oxazole rings is 1. The first-order valence-electron chi connectivity index (χ1n) is 9.16. The van der Waals surface area contributed by atoms with Gasteiger partial charge >= 0.3 is 0 Å². The fourth-order valence-corrected chi connectivity index (χ4v) is 2.79. The highest BCUT2D eigenvalue weighted by atomic mass is 16.5. The third-order valence-electron chi connectivity index (χ3n) is 4.31. The Hall–Kier alpha value is -3.68. The molecule has 148 valence electrons. The minimum Gasteiger partial charge on any atom is -0.495 e. The molecule has 0 saturated heterocycles. The van der Waals surface area contributed by atoms with Crippen molar-refractivity contribution in [3.63, 3.8) is 0 Å². The van der Waals surface area contributed by atoms with Crippen molar-refractivity contribution in [3.8, 4) is 23.1 Å². The summed E-state index contributed by atoms with van der Waals surface area (Å²) in [5, 5.41) is 4.35. The van der Waals surface area contributed by atoms with Crippen LogP contribution in [0.3, 0.4) is 0 Å². The molecule has 0 fully saturated rings. The Labute approximate surface area is 166 Å². The van der Waals surface area contributed by atoms with E-state index in [4.69, 9.17) is 13.9 Å². The van der Waals surface area contributed by atoms with E-state index >= 15 is 0 Å². The maximum absolute atomic E-state index is 11.9. The summed E-state index contributed by atoms with van der Waals surface area (Å²) in [5.41, 5.74) is 2.37. The summed E-state index contributed by atoms with van der Waals surface area (Å²) < 4.78 is 18.1. The lowest BCUT2D eigenvalue weighted by Crippen LogP contribution is -2.23. The SMILES string of the molecule is COc1ccc(COc2ccc3oc(-c4ccc(=O)n(C(C)C)n4)nc3c2)nc1. The number of methoxy groups -OCH3 is 1. The van der Waals surface area contributed by atoms with E-state index in [2.05, 4.69) is 15.1 Å². The molecule has 29 heavy (non-hydrogen) atoms. The molecule has 0 aliphatic carbocycles. The fourth-order valence-electron chi connectivity index (χ4n) is 2.79. The van der Waals surface area contributed by atoms with Crippen LogP contribution in [-0.2, 0) is 6.61 Å². The third-order valence-corrected chi connectivity index (χ3v) is 4.31. The van der Waals surface area contributed by atoms with Crippen molar-refractivity contribution < 1.29 is 13.9 Å². The van der Waals surface area contributed by atoms with Crippen molar-refractivity contribution in [1.29, 1.82) is 0 Å². The lowest BCUT2D eigenvalue weighted by molar-refractivity contribution is 0.301. The zero-order valence-electron chi connectivity index (χ0n) is 16.3. The van der Waals surface area contributed by atoms with Crippen LogP contribution in [0.4, 0.5) is 0 Å². The van der Waals surface area contributed by atoms with Gasteiger partial charge in [-0.15, -0.1) is 0 Å². The van der Waals surface area contributed by atoms with Gasteiger partial charge in [-0.3, -0.25) is 9.78 Å². The van der Waals surface area contributed by atoms with Gasteiger partial charge in [0, 0.05) is 12.1 Å². The van der Waals surface area contributed by atoms with Crippen molar-refractivity contribution >= 4 is 11.1 Å². The van der Waals surface area contributed by atoms with E-state index in [-0.39, 0.29) is 11.6 Å². The first kappa shape index (κ1) is 18.7. The topological polar surface area (TPSA) is 92.3 Å². The molecule has 4 aromatic rings. The van der Waals surface area contributed by atoms with Crippen LogP contribution >= 0.6 is 0 Å². The van der Waals surface area contributed by atoms with E-state index in [1.165, 1.54) is 10.7 Å². The lowest BCUT2D eigenvalue weighted by atomic mass is 10.3. The quantitative estimate of drug-likeness (QED) is 0.495. The highest BCUT2D eigenvalue weighted by Crippen LogP contribution is 2.26. The summed E-state index contributed by atoms with van der Waals surface area (Å²) in [6.45, 7) is 4.11. The average molecular weight is 392 g/mol. The maximum Gasteiger partial charge on any atom is 0.267 e. The molecule has 3 heterocycles. The molecular weight excluding hydrogens is 372 g/mol. The first-order chi connectivity index (χ1) is 14.0. The van der Waals surface area contributed by atoms with Crippen molar-refractivity contribution in [1.82, 2.24) is 19.7 Å². The number of benzene rings is 1. The highest BCUT2D eigenvalue weighted by Gasteiger charge is 2.13. The molecule has 4 rings (SSSR count). The number of hydrogen-bond donors (Lipinski definition) is 0. The second-order valence-corrected chi connectivity index (χ2v) is 6.72. The molecule has 0 N–H and O–H groups in total. The van der Waals surface area contributed by atoms with Gasteiger partial charge in [0.2, 0.25) is 5.89 Å². The molecule has 0 saturated carbocycles. The van der Waals surface area contributed by atoms with E-state index < -0.39 is 0 Å². The molecule has 8 nitrogen and oxygen atoms in total. The van der Waals surface area contributed by atoms with Crippen molar-refractivity contribution in [3.05, 3.63) is 64.7 Å². The van der Waals surface area contributed by atoms with Crippen LogP contribution in [0.15, 0.2) is 57.9 Å². The second-order valence-electron chi connectivity index (χ2n) is 6.72. The molecule has 0 aliphatic heterocycles. The zero-order chi connectivity index (χ0) is 20.4. The number of fused-ring (bicyclic) bond motifs is 1. The lowest BCUT2D eigenvalue weighted by Gasteiger charge is -2.07. The van der Waals surface area contributed by atoms with Gasteiger partial charge in [0.25, 0.3) is 5.56 Å². The standard InChI is InChI=1S/C21H20N4O4/c1-13(2)25-20(26)9-7-17(24-25)21-23-18-10-15(6-8-19(18)29-21)28-12-14-4-5-16(27-3)11-22-14/h4-11,13H,12H2,1-3H3. The van der Waals surface area contributed by atoms with Crippen LogP contribution in [-0.4, -0.2) is 26.9 Å². The number of nitrogens with zero attached hydrogens (tertiary/aromatic N) is 4. The Balaban J connectivity index is 1.56. The van der Waals surface area contributed by atoms with Gasteiger partial charge in [-0.2, -0.15) is 5.10 Å². The van der Waals surface area contributed by atoms with Crippen LogP contribution in [0.25, 0.3) is 22.7 Å². The monoisotopic (exact) mass is 392 g/mol. The van der Waals surface area contributed by atoms with Crippen molar-refractivity contribution in [2.75, 3.05) is 7.11 Å². The van der Waals surface area contributed by atoms with Gasteiger partial charge in [-0.25, -0.2) is 9.67 Å². The minimum absolute atomic E-state index is 0.0570. The van der Waals surface area contributed by atoms with Gasteiger partial charge in [0.1, 0.15) is 29.3 Å². The van der Waals surface area contributed by atoms with E-state index in [1.54, 1.807) is 31.5 Å². The summed E-state index contributed by atoms with van der Waals surface area (Å²) in [7, 11) is 1.60. The van der Waals surface area contributed by atoms with Gasteiger partial charge in [-0.05, 0) is 44.2 Å². The molecule has 0 radical (unpaired) electrons. The van der Waals surface area contributed by atoms with Gasteiger partial charge in [-0.1, -0.05) is 0 Å². The normalized spacial score (nSPS) is 11.2. The van der Waals surface area contributed by atoms with Crippen LogP contribution in [0.5, 0.6) is 11.5 Å². The molecular formula is C21H20N4O4. The molecule has 0 amide bonds. The smallest absolute Gasteiger partial charge is 0.267 e. The molecule has 3 aromatic heterocycles. The number of ether oxygens (including phenoxy) is 2. The summed E-state index contributed by atoms with van der Waals surface area (Å²) in [5.74, 6) is 1.70. The van der Waals surface area contributed by atoms with Crippen LogP contribution < -0.4 is 15.0 Å². The largest absolute Gasteiger partial charge is 0.495 e. The number of pyridine rings is 1. The van der Waals surface area contributed by atoms with Crippen LogP contribution in [0, 0.1) is 0 Å². The summed E-state index contributed by atoms with van der Waals surface area (Å²) >= 11 is 0. The molecule has 0 spiro atoms. The van der Waals surface area contributed by atoms with E-state index in [0.29, 0.717) is 40.8 Å². The summed E-state index contributed by atoms with van der Waals surface area (Å²) in [6.07, 6.45) is 1.65. The third kappa shape index (κ3) is 3.96. The van der Waals surface area contributed by atoms with E-state index in [1.807, 2.05) is 32.0 Å². The number of aromatic nitrogens is 4. The predicted octanol–water partition coefficient (Wildman–Crippen LogP) is 3.62. The molecule has 0 unspecified atom stereocenters. The van der Waals surface area contributed by atoms with Crippen LogP contribution in [0.2, 0.25) is 0 Å². The molecule has 0 atom stereocenters. The number of rotatable bonds is 6. The fraction of sp³-hybridized carbons (Fsp3) is 0.238. The molecule has 1 aromatic carbocycles. The summed E-state index contributed by atoms with van der Waals surface area (Å²) in [6, 6.07) is 12.1. The van der Waals surface area contributed by atoms with Gasteiger partial charge < -0.3 is 13.9 Å². The van der Waals surface area contributed by atoms with Crippen molar-refractivity contribution in [2.24, 2.45) is 0 Å². The van der Waals surface area contributed by atoms with E-state index in [9.17, 15) is 4.79 Å². The maximum atomic E-state index is 11.9. The Bertz CT molecular complexity index is 1200. The predicted molar refractivity (Wildman–Crippen MR) is 107 cm³/mol. The van der Waals surface area contributed by atoms with Gasteiger partial charge in [0.05, 0.1) is 25.0 Å². The summed E-state index contributed by atoms with van der Waals surface area (Å²) in [4.78, 5) is 20.7. The Morgan fingerprint density at radius 2 is 1.93 bits per heavy atom. The number of hydrogen-bond acceptors (Lipinski definition) is 7. The minimum atomic E-state index is -0.164. The molecule has 8 heteroatoms.